The van der Waals surface area contributed by atoms with Gasteiger partial charge in [-0.1, -0.05) is 6.92 Å². The molecule has 1 saturated carbocycles. The van der Waals surface area contributed by atoms with Crippen LogP contribution in [-0.4, -0.2) is 44.4 Å². The maximum absolute atomic E-state index is 12.6. The van der Waals surface area contributed by atoms with Crippen molar-refractivity contribution in [3.05, 3.63) is 28.7 Å². The first-order valence-corrected chi connectivity index (χ1v) is 9.05. The van der Waals surface area contributed by atoms with Crippen LogP contribution in [0.25, 0.3) is 5.65 Å². The molecule has 0 spiro atoms. The summed E-state index contributed by atoms with van der Waals surface area (Å²) in [4.78, 5) is 30.5. The van der Waals surface area contributed by atoms with E-state index in [-0.39, 0.29) is 17.4 Å². The topological polar surface area (TPSA) is 93.6 Å². The van der Waals surface area contributed by atoms with Crippen LogP contribution in [0.1, 0.15) is 60.4 Å². The lowest BCUT2D eigenvalue weighted by molar-refractivity contribution is -0.132. The van der Waals surface area contributed by atoms with Gasteiger partial charge >= 0.3 is 0 Å². The van der Waals surface area contributed by atoms with Crippen molar-refractivity contribution in [3.63, 3.8) is 0 Å². The number of carbonyl (C=O) groups excluding carboxylic acids is 2. The van der Waals surface area contributed by atoms with Gasteiger partial charge in [-0.15, -0.1) is 0 Å². The molecule has 2 N–H and O–H groups in total. The summed E-state index contributed by atoms with van der Waals surface area (Å²) in [5.74, 6) is -0.402. The Labute approximate surface area is 153 Å². The maximum Gasteiger partial charge on any atom is 0.254 e. The van der Waals surface area contributed by atoms with Crippen LogP contribution in [0, 0.1) is 19.3 Å². The van der Waals surface area contributed by atoms with E-state index in [0.29, 0.717) is 24.1 Å². The van der Waals surface area contributed by atoms with Crippen molar-refractivity contribution in [2.45, 2.75) is 59.4 Å². The quantitative estimate of drug-likeness (QED) is 0.856. The van der Waals surface area contributed by atoms with Gasteiger partial charge < -0.3 is 10.6 Å². The van der Waals surface area contributed by atoms with Gasteiger partial charge in [-0.25, -0.2) is 9.50 Å². The molecule has 2 amide bonds. The normalized spacial score (nSPS) is 16.5. The molecule has 0 aromatic carbocycles. The first-order chi connectivity index (χ1) is 12.2. The second-order valence-corrected chi connectivity index (χ2v) is 7.75. The molecule has 1 fully saturated rings. The maximum atomic E-state index is 12.6. The second-order valence-electron chi connectivity index (χ2n) is 7.75. The zero-order valence-electron chi connectivity index (χ0n) is 16.2. The van der Waals surface area contributed by atoms with Gasteiger partial charge in [0, 0.05) is 30.9 Å². The van der Waals surface area contributed by atoms with Crippen LogP contribution in [0.3, 0.4) is 0 Å². The van der Waals surface area contributed by atoms with Gasteiger partial charge in [-0.3, -0.25) is 9.59 Å². The fourth-order valence-electron chi connectivity index (χ4n) is 3.55. The number of hydrogen-bond acceptors (Lipinski definition) is 4. The van der Waals surface area contributed by atoms with Gasteiger partial charge in [0.25, 0.3) is 5.91 Å². The lowest BCUT2D eigenvalue weighted by Gasteiger charge is -2.30. The molecule has 1 aliphatic carbocycles. The fraction of sp³-hybridized carbons (Fsp3) is 0.579. The summed E-state index contributed by atoms with van der Waals surface area (Å²) in [7, 11) is 1.89. The monoisotopic (exact) mass is 357 g/mol. The SMILES string of the molecule is Cc1nc2c(C(N)=O)cnn2c(C)c1CCC(=O)N(C)C(C)C1(C)CC1. The minimum absolute atomic E-state index is 0.141. The third-order valence-corrected chi connectivity index (χ3v) is 6.08. The number of aromatic nitrogens is 3. The number of rotatable bonds is 6. The van der Waals surface area contributed by atoms with Crippen molar-refractivity contribution in [1.82, 2.24) is 19.5 Å². The Bertz CT molecular complexity index is 882. The largest absolute Gasteiger partial charge is 0.365 e. The summed E-state index contributed by atoms with van der Waals surface area (Å²) in [5, 5.41) is 4.23. The highest BCUT2D eigenvalue weighted by Gasteiger charge is 2.45. The van der Waals surface area contributed by atoms with Crippen LogP contribution in [0.2, 0.25) is 0 Å². The first kappa shape index (κ1) is 18.4. The van der Waals surface area contributed by atoms with E-state index >= 15 is 0 Å². The lowest BCUT2D eigenvalue weighted by atomic mass is 9.98. The fourth-order valence-corrected chi connectivity index (χ4v) is 3.55. The van der Waals surface area contributed by atoms with Crippen LogP contribution >= 0.6 is 0 Å². The van der Waals surface area contributed by atoms with Gasteiger partial charge in [0.2, 0.25) is 5.91 Å². The van der Waals surface area contributed by atoms with Gasteiger partial charge in [0.15, 0.2) is 5.65 Å². The van der Waals surface area contributed by atoms with Gasteiger partial charge in [-0.2, -0.15) is 5.10 Å². The summed E-state index contributed by atoms with van der Waals surface area (Å²) < 4.78 is 1.63. The predicted molar refractivity (Wildman–Crippen MR) is 98.9 cm³/mol. The molecule has 140 valence electrons. The number of carbonyl (C=O) groups is 2. The summed E-state index contributed by atoms with van der Waals surface area (Å²) >= 11 is 0. The van der Waals surface area contributed by atoms with Crippen molar-refractivity contribution >= 4 is 17.5 Å². The van der Waals surface area contributed by atoms with E-state index in [4.69, 9.17) is 5.73 Å². The zero-order valence-corrected chi connectivity index (χ0v) is 16.2. The van der Waals surface area contributed by atoms with Crippen molar-refractivity contribution in [2.24, 2.45) is 11.1 Å². The van der Waals surface area contributed by atoms with Gasteiger partial charge in [0.1, 0.15) is 5.56 Å². The average Bonchev–Trinajstić information content (AvgIpc) is 3.19. The highest BCUT2D eigenvalue weighted by Crippen LogP contribution is 2.49. The number of hydrogen-bond donors (Lipinski definition) is 1. The van der Waals surface area contributed by atoms with E-state index in [9.17, 15) is 9.59 Å². The summed E-state index contributed by atoms with van der Waals surface area (Å²) in [5.41, 5.74) is 9.11. The van der Waals surface area contributed by atoms with Crippen LogP contribution in [-0.2, 0) is 11.2 Å². The lowest BCUT2D eigenvalue weighted by Crippen LogP contribution is -2.40. The van der Waals surface area contributed by atoms with E-state index in [1.807, 2.05) is 25.8 Å². The number of aryl methyl sites for hydroxylation is 2. The molecular weight excluding hydrogens is 330 g/mol. The number of amides is 2. The molecule has 2 heterocycles. The summed E-state index contributed by atoms with van der Waals surface area (Å²) in [6.45, 7) is 8.19. The molecule has 3 rings (SSSR count). The van der Waals surface area contributed by atoms with E-state index in [0.717, 1.165) is 17.0 Å². The first-order valence-electron chi connectivity index (χ1n) is 9.05. The third-order valence-electron chi connectivity index (χ3n) is 6.08. The smallest absolute Gasteiger partial charge is 0.254 e. The van der Waals surface area contributed by atoms with Crippen LogP contribution < -0.4 is 5.73 Å². The molecule has 7 heteroatoms. The van der Waals surface area contributed by atoms with Crippen molar-refractivity contribution in [3.8, 4) is 0 Å². The molecule has 0 bridgehead atoms. The highest BCUT2D eigenvalue weighted by atomic mass is 16.2. The van der Waals surface area contributed by atoms with E-state index in [1.165, 1.54) is 19.0 Å². The highest BCUT2D eigenvalue weighted by molar-refractivity contribution is 5.98. The van der Waals surface area contributed by atoms with E-state index in [1.54, 1.807) is 4.52 Å². The van der Waals surface area contributed by atoms with Crippen molar-refractivity contribution in [2.75, 3.05) is 7.05 Å². The molecular formula is C19H27N5O2. The Balaban J connectivity index is 1.78. The number of nitrogens with two attached hydrogens (primary N) is 1. The zero-order chi connectivity index (χ0) is 19.2. The van der Waals surface area contributed by atoms with Crippen LogP contribution in [0.15, 0.2) is 6.20 Å². The predicted octanol–water partition coefficient (Wildman–Crippen LogP) is 2.02. The van der Waals surface area contributed by atoms with Crippen molar-refractivity contribution in [1.29, 1.82) is 0 Å². The third kappa shape index (κ3) is 3.06. The molecule has 2 aromatic heterocycles. The van der Waals surface area contributed by atoms with Crippen LogP contribution in [0.5, 0.6) is 0 Å². The molecule has 1 aliphatic rings. The molecule has 1 unspecified atom stereocenters. The number of primary amides is 1. The van der Waals surface area contributed by atoms with E-state index in [2.05, 4.69) is 23.9 Å². The Morgan fingerprint density at radius 1 is 1.38 bits per heavy atom. The van der Waals surface area contributed by atoms with Gasteiger partial charge in [-0.05, 0) is 51.0 Å². The summed E-state index contributed by atoms with van der Waals surface area (Å²) in [6, 6.07) is 0.252. The van der Waals surface area contributed by atoms with E-state index < -0.39 is 5.91 Å². The molecule has 1 atom stereocenters. The summed E-state index contributed by atoms with van der Waals surface area (Å²) in [6.07, 6.45) is 4.84. The van der Waals surface area contributed by atoms with Crippen LogP contribution in [0.4, 0.5) is 0 Å². The average molecular weight is 357 g/mol. The molecule has 0 radical (unpaired) electrons. The Morgan fingerprint density at radius 2 is 2.04 bits per heavy atom. The molecule has 0 aliphatic heterocycles. The molecule has 26 heavy (non-hydrogen) atoms. The minimum atomic E-state index is -0.543. The second kappa shape index (κ2) is 6.37. The molecule has 7 nitrogen and oxygen atoms in total. The van der Waals surface area contributed by atoms with Gasteiger partial charge in [0.05, 0.1) is 6.20 Å². The number of nitrogens with zero attached hydrogens (tertiary/aromatic N) is 4. The Hall–Kier alpha value is -2.44. The minimum Gasteiger partial charge on any atom is -0.365 e. The van der Waals surface area contributed by atoms with Crippen molar-refractivity contribution < 1.29 is 9.59 Å². The molecule has 0 saturated heterocycles. The Morgan fingerprint density at radius 3 is 2.62 bits per heavy atom. The standard InChI is InChI=1S/C19H27N5O2/c1-11-14(6-7-16(25)23(5)13(3)19(4)8-9-19)12(2)24-18(22-11)15(10-21-24)17(20)26/h10,13H,6-9H2,1-5H3,(H2,20,26). The Kier molecular flexibility index (Phi) is 4.50. The molecule has 2 aromatic rings. The number of fused-ring (bicyclic) bond motifs is 1.